The van der Waals surface area contributed by atoms with Crippen molar-refractivity contribution in [1.82, 2.24) is 15.0 Å². The van der Waals surface area contributed by atoms with E-state index in [0.717, 1.165) is 5.56 Å². The lowest BCUT2D eigenvalue weighted by atomic mass is 10.3. The Morgan fingerprint density at radius 1 is 0.812 bits per heavy atom. The molecular formula is C13H19N3. The third-order valence-electron chi connectivity index (χ3n) is 1.49. The summed E-state index contributed by atoms with van der Waals surface area (Å²) >= 11 is 0. The molecule has 0 fully saturated rings. The molecule has 0 aliphatic heterocycles. The van der Waals surface area contributed by atoms with Gasteiger partial charge in [-0.1, -0.05) is 27.7 Å². The molecule has 2 heterocycles. The first-order chi connectivity index (χ1) is 7.97. The Morgan fingerprint density at radius 2 is 1.44 bits per heavy atom. The van der Waals surface area contributed by atoms with Gasteiger partial charge in [-0.2, -0.15) is 0 Å². The van der Waals surface area contributed by atoms with Crippen molar-refractivity contribution in [3.05, 3.63) is 43.0 Å². The summed E-state index contributed by atoms with van der Waals surface area (Å²) in [6, 6.07) is 5.59. The van der Waals surface area contributed by atoms with Crippen molar-refractivity contribution >= 4 is 0 Å². The molecule has 2 rings (SSSR count). The number of rotatable bonds is 1. The van der Waals surface area contributed by atoms with Crippen LogP contribution in [0.3, 0.4) is 0 Å². The van der Waals surface area contributed by atoms with Gasteiger partial charge in [0.25, 0.3) is 0 Å². The van der Waals surface area contributed by atoms with Crippen LogP contribution < -0.4 is 0 Å². The first-order valence-electron chi connectivity index (χ1n) is 5.64. The minimum atomic E-state index is 0.714. The third-order valence-corrected chi connectivity index (χ3v) is 1.49. The van der Waals surface area contributed by atoms with Crippen molar-refractivity contribution in [2.75, 3.05) is 0 Å². The van der Waals surface area contributed by atoms with E-state index in [1.54, 1.807) is 30.9 Å². The maximum absolute atomic E-state index is 4.10. The predicted octanol–water partition coefficient (Wildman–Crippen LogP) is 3.59. The largest absolute Gasteiger partial charge is 0.264 e. The van der Waals surface area contributed by atoms with Gasteiger partial charge in [-0.3, -0.25) is 4.98 Å². The van der Waals surface area contributed by atoms with Gasteiger partial charge in [-0.15, -0.1) is 0 Å². The molecular weight excluding hydrogens is 198 g/mol. The Labute approximate surface area is 97.6 Å². The van der Waals surface area contributed by atoms with E-state index in [0.29, 0.717) is 5.82 Å². The Balaban J connectivity index is 0.000000509. The Bertz CT molecular complexity index is 309. The van der Waals surface area contributed by atoms with Crippen molar-refractivity contribution in [2.24, 2.45) is 0 Å². The molecule has 2 aromatic rings. The van der Waals surface area contributed by atoms with E-state index in [9.17, 15) is 0 Å². The molecule has 0 aliphatic rings. The predicted molar refractivity (Wildman–Crippen MR) is 68.0 cm³/mol. The first-order valence-corrected chi connectivity index (χ1v) is 5.64. The molecule has 86 valence electrons. The summed E-state index contributed by atoms with van der Waals surface area (Å²) < 4.78 is 0. The molecule has 0 amide bonds. The van der Waals surface area contributed by atoms with Crippen LogP contribution >= 0.6 is 0 Å². The lowest BCUT2D eigenvalue weighted by molar-refractivity contribution is 1.16. The van der Waals surface area contributed by atoms with Gasteiger partial charge in [-0.05, 0) is 18.2 Å². The Hall–Kier alpha value is -1.77. The quantitative estimate of drug-likeness (QED) is 0.732. The second kappa shape index (κ2) is 9.77. The first kappa shape index (κ1) is 14.2. The van der Waals surface area contributed by atoms with Crippen LogP contribution in [0.4, 0.5) is 0 Å². The lowest BCUT2D eigenvalue weighted by Gasteiger charge is -1.95. The Morgan fingerprint density at radius 3 is 1.94 bits per heavy atom. The van der Waals surface area contributed by atoms with E-state index in [1.165, 1.54) is 0 Å². The molecule has 16 heavy (non-hydrogen) atoms. The van der Waals surface area contributed by atoms with Gasteiger partial charge >= 0.3 is 0 Å². The molecule has 0 saturated heterocycles. The van der Waals surface area contributed by atoms with Gasteiger partial charge in [-0.25, -0.2) is 9.97 Å². The molecule has 2 aromatic heterocycles. The molecule has 0 atom stereocenters. The van der Waals surface area contributed by atoms with Gasteiger partial charge in [0.05, 0.1) is 0 Å². The highest BCUT2D eigenvalue weighted by Gasteiger charge is 1.96. The number of hydrogen-bond acceptors (Lipinski definition) is 3. The van der Waals surface area contributed by atoms with Crippen LogP contribution in [0.25, 0.3) is 11.4 Å². The number of aromatic nitrogens is 3. The van der Waals surface area contributed by atoms with Crippen molar-refractivity contribution in [1.29, 1.82) is 0 Å². The van der Waals surface area contributed by atoms with Crippen LogP contribution in [0, 0.1) is 0 Å². The zero-order chi connectivity index (χ0) is 12.2. The molecule has 3 heteroatoms. The molecule has 0 saturated carbocycles. The van der Waals surface area contributed by atoms with Crippen molar-refractivity contribution < 1.29 is 0 Å². The summed E-state index contributed by atoms with van der Waals surface area (Å²) in [4.78, 5) is 12.2. The highest BCUT2D eigenvalue weighted by Crippen LogP contribution is 2.09. The summed E-state index contributed by atoms with van der Waals surface area (Å²) in [6.07, 6.45) is 6.91. The average Bonchev–Trinajstić information content (AvgIpc) is 2.45. The zero-order valence-corrected chi connectivity index (χ0v) is 10.4. The van der Waals surface area contributed by atoms with Crippen LogP contribution in [-0.4, -0.2) is 15.0 Å². The van der Waals surface area contributed by atoms with E-state index in [2.05, 4.69) is 15.0 Å². The van der Waals surface area contributed by atoms with Gasteiger partial charge in [0.15, 0.2) is 5.82 Å². The van der Waals surface area contributed by atoms with Crippen LogP contribution in [-0.2, 0) is 0 Å². The highest BCUT2D eigenvalue weighted by molar-refractivity contribution is 5.51. The summed E-state index contributed by atoms with van der Waals surface area (Å²) in [6.45, 7) is 8.00. The molecule has 0 aliphatic carbocycles. The second-order valence-corrected chi connectivity index (χ2v) is 2.31. The van der Waals surface area contributed by atoms with Crippen LogP contribution in [0.15, 0.2) is 43.0 Å². The number of pyridine rings is 1. The smallest absolute Gasteiger partial charge is 0.160 e. The SMILES string of the molecule is CC.CC.c1cnc(-c2cccnc2)nc1. The molecule has 0 N–H and O–H groups in total. The van der Waals surface area contributed by atoms with Crippen molar-refractivity contribution in [2.45, 2.75) is 27.7 Å². The minimum absolute atomic E-state index is 0.714. The average molecular weight is 217 g/mol. The van der Waals surface area contributed by atoms with Crippen LogP contribution in [0.2, 0.25) is 0 Å². The lowest BCUT2D eigenvalue weighted by Crippen LogP contribution is -1.86. The number of hydrogen-bond donors (Lipinski definition) is 0. The summed E-state index contributed by atoms with van der Waals surface area (Å²) in [5, 5.41) is 0. The molecule has 3 nitrogen and oxygen atoms in total. The second-order valence-electron chi connectivity index (χ2n) is 2.31. The summed E-state index contributed by atoms with van der Waals surface area (Å²) in [7, 11) is 0. The Kier molecular flexibility index (Phi) is 8.69. The van der Waals surface area contributed by atoms with E-state index >= 15 is 0 Å². The molecule has 0 unspecified atom stereocenters. The van der Waals surface area contributed by atoms with Crippen LogP contribution in [0.5, 0.6) is 0 Å². The van der Waals surface area contributed by atoms with Crippen molar-refractivity contribution in [3.8, 4) is 11.4 Å². The maximum Gasteiger partial charge on any atom is 0.160 e. The highest BCUT2D eigenvalue weighted by atomic mass is 14.9. The van der Waals surface area contributed by atoms with Crippen LogP contribution in [0.1, 0.15) is 27.7 Å². The normalized spacial score (nSPS) is 8.00. The molecule has 0 radical (unpaired) electrons. The fraction of sp³-hybridized carbons (Fsp3) is 0.308. The standard InChI is InChI=1S/C9H7N3.2C2H6/c1-3-8(7-10-4-1)9-11-5-2-6-12-9;2*1-2/h1-7H;2*1-2H3. The number of nitrogens with zero attached hydrogens (tertiary/aromatic N) is 3. The third kappa shape index (κ3) is 4.64. The monoisotopic (exact) mass is 217 g/mol. The topological polar surface area (TPSA) is 38.7 Å². The summed E-state index contributed by atoms with van der Waals surface area (Å²) in [5.41, 5.74) is 0.943. The minimum Gasteiger partial charge on any atom is -0.264 e. The zero-order valence-electron chi connectivity index (χ0n) is 10.4. The van der Waals surface area contributed by atoms with E-state index < -0.39 is 0 Å². The van der Waals surface area contributed by atoms with E-state index in [1.807, 2.05) is 39.8 Å². The van der Waals surface area contributed by atoms with Gasteiger partial charge in [0, 0.05) is 30.4 Å². The molecule has 0 bridgehead atoms. The van der Waals surface area contributed by atoms with E-state index in [-0.39, 0.29) is 0 Å². The fourth-order valence-electron chi connectivity index (χ4n) is 0.943. The van der Waals surface area contributed by atoms with Gasteiger partial charge in [0.2, 0.25) is 0 Å². The van der Waals surface area contributed by atoms with Gasteiger partial charge < -0.3 is 0 Å². The summed E-state index contributed by atoms with van der Waals surface area (Å²) in [5.74, 6) is 0.714. The van der Waals surface area contributed by atoms with Crippen molar-refractivity contribution in [3.63, 3.8) is 0 Å². The molecule has 0 spiro atoms. The maximum atomic E-state index is 4.10. The molecule has 0 aromatic carbocycles. The van der Waals surface area contributed by atoms with Gasteiger partial charge in [0.1, 0.15) is 0 Å². The fourth-order valence-corrected chi connectivity index (χ4v) is 0.943. The van der Waals surface area contributed by atoms with E-state index in [4.69, 9.17) is 0 Å².